The fraction of sp³-hybridized carbons (Fsp3) is 0.250. The maximum atomic E-state index is 2.44. The van der Waals surface area contributed by atoms with E-state index in [0.717, 1.165) is 13.0 Å². The predicted molar refractivity (Wildman–Crippen MR) is 94.5 cm³/mol. The monoisotopic (exact) mass is 431 g/mol. The summed E-state index contributed by atoms with van der Waals surface area (Å²) in [4.78, 5) is 2.44. The summed E-state index contributed by atoms with van der Waals surface area (Å²) < 4.78 is 5.04. The van der Waals surface area contributed by atoms with E-state index in [1.54, 1.807) is 0 Å². The molecule has 0 radical (unpaired) electrons. The van der Waals surface area contributed by atoms with Gasteiger partial charge in [0.25, 0.3) is 0 Å². The molecule has 0 aliphatic carbocycles. The van der Waals surface area contributed by atoms with E-state index < -0.39 is 0 Å². The van der Waals surface area contributed by atoms with E-state index in [2.05, 4.69) is 87.9 Å². The van der Waals surface area contributed by atoms with Crippen LogP contribution in [-0.2, 0) is 0 Å². The average molecular weight is 430 g/mol. The molecule has 0 saturated heterocycles. The topological polar surface area (TPSA) is 3.24 Å². The number of nitrogens with zero attached hydrogens (tertiary/aromatic N) is 1. The van der Waals surface area contributed by atoms with Crippen molar-refractivity contribution >= 4 is 47.7 Å². The summed E-state index contributed by atoms with van der Waals surface area (Å²) in [6.07, 6.45) is 7.83. The first kappa shape index (κ1) is 14.9. The standard InChI is InChI=1S/C16H18INSe/c1-3-13(11-12-17)9-10-16-18(4-2)14-7-5-6-8-15(14)19-16/h5-12H,3-4H2,1-2H3/b12-11+,13-9+,16-10+. The number of halogens is 1. The van der Waals surface area contributed by atoms with Gasteiger partial charge in [-0.25, -0.2) is 0 Å². The van der Waals surface area contributed by atoms with Crippen LogP contribution in [0.15, 0.2) is 56.7 Å². The fourth-order valence-corrected chi connectivity index (χ4v) is 4.88. The number of hydrogen-bond acceptors (Lipinski definition) is 1. The molecule has 0 N–H and O–H groups in total. The molecule has 0 bridgehead atoms. The zero-order valence-corrected chi connectivity index (χ0v) is 15.1. The number of fused-ring (bicyclic) bond motifs is 1. The zero-order valence-electron chi connectivity index (χ0n) is 11.3. The Morgan fingerprint density at radius 2 is 2.11 bits per heavy atom. The normalized spacial score (nSPS) is 17.5. The number of anilines is 1. The molecule has 0 saturated carbocycles. The van der Waals surface area contributed by atoms with Crippen molar-refractivity contribution in [2.75, 3.05) is 11.4 Å². The van der Waals surface area contributed by atoms with Crippen LogP contribution in [0.3, 0.4) is 0 Å². The third-order valence-corrected chi connectivity index (χ3v) is 5.81. The summed E-state index contributed by atoms with van der Waals surface area (Å²) in [5.41, 5.74) is 2.77. The van der Waals surface area contributed by atoms with Crippen LogP contribution in [0.25, 0.3) is 0 Å². The summed E-state index contributed by atoms with van der Waals surface area (Å²) in [7, 11) is 0. The number of benzene rings is 1. The molecule has 0 aromatic heterocycles. The Labute approximate surface area is 135 Å². The molecule has 0 fully saturated rings. The molecule has 1 nitrogen and oxygen atoms in total. The van der Waals surface area contributed by atoms with Crippen molar-refractivity contribution in [3.63, 3.8) is 0 Å². The molecule has 19 heavy (non-hydrogen) atoms. The molecule has 1 aliphatic rings. The molecule has 1 heterocycles. The molecule has 1 aromatic rings. The second-order valence-corrected chi connectivity index (χ2v) is 7.15. The van der Waals surface area contributed by atoms with E-state index in [1.807, 2.05) is 0 Å². The first-order chi connectivity index (χ1) is 9.30. The van der Waals surface area contributed by atoms with Gasteiger partial charge in [0.15, 0.2) is 0 Å². The van der Waals surface area contributed by atoms with Gasteiger partial charge in [0.05, 0.1) is 0 Å². The van der Waals surface area contributed by atoms with Crippen molar-refractivity contribution in [3.8, 4) is 0 Å². The molecule has 0 amide bonds. The van der Waals surface area contributed by atoms with Gasteiger partial charge in [-0.15, -0.1) is 0 Å². The first-order valence-electron chi connectivity index (χ1n) is 6.52. The van der Waals surface area contributed by atoms with Crippen LogP contribution in [0.4, 0.5) is 5.69 Å². The Balaban J connectivity index is 2.28. The van der Waals surface area contributed by atoms with Crippen molar-refractivity contribution in [2.24, 2.45) is 0 Å². The van der Waals surface area contributed by atoms with Crippen LogP contribution >= 0.6 is 22.6 Å². The van der Waals surface area contributed by atoms with Gasteiger partial charge in [0.2, 0.25) is 0 Å². The number of para-hydroxylation sites is 1. The SMILES string of the molecule is CCC(/C=C/I)=C\C=C1\[Se]c2ccccc2N1CC. The number of allylic oxidation sites excluding steroid dienone is 4. The Hall–Kier alpha value is -0.511. The van der Waals surface area contributed by atoms with Gasteiger partial charge < -0.3 is 0 Å². The fourth-order valence-electron chi connectivity index (χ4n) is 2.05. The second-order valence-electron chi connectivity index (χ2n) is 4.21. The van der Waals surface area contributed by atoms with Crippen molar-refractivity contribution in [3.05, 3.63) is 56.7 Å². The number of hydrogen-bond donors (Lipinski definition) is 0. The second kappa shape index (κ2) is 7.32. The predicted octanol–water partition coefficient (Wildman–Crippen LogP) is 3.98. The van der Waals surface area contributed by atoms with Gasteiger partial charge in [0, 0.05) is 0 Å². The van der Waals surface area contributed by atoms with Crippen LogP contribution < -0.4 is 9.36 Å². The molecule has 0 unspecified atom stereocenters. The Morgan fingerprint density at radius 3 is 2.79 bits per heavy atom. The third-order valence-electron chi connectivity index (χ3n) is 3.08. The molecule has 3 heteroatoms. The van der Waals surface area contributed by atoms with E-state index in [9.17, 15) is 0 Å². The molecule has 0 atom stereocenters. The summed E-state index contributed by atoms with van der Waals surface area (Å²) in [6, 6.07) is 8.76. The quantitative estimate of drug-likeness (QED) is 0.397. The summed E-state index contributed by atoms with van der Waals surface area (Å²) in [5.74, 6) is 0. The van der Waals surface area contributed by atoms with E-state index in [0.29, 0.717) is 15.0 Å². The van der Waals surface area contributed by atoms with Crippen molar-refractivity contribution in [1.29, 1.82) is 0 Å². The van der Waals surface area contributed by atoms with E-state index in [4.69, 9.17) is 0 Å². The van der Waals surface area contributed by atoms with Crippen molar-refractivity contribution in [1.82, 2.24) is 0 Å². The van der Waals surface area contributed by atoms with Crippen LogP contribution in [0.1, 0.15) is 20.3 Å². The maximum absolute atomic E-state index is 2.44. The zero-order chi connectivity index (χ0) is 13.7. The Bertz CT molecular complexity index is 531. The summed E-state index contributed by atoms with van der Waals surface area (Å²) in [6.45, 7) is 5.47. The van der Waals surface area contributed by atoms with Gasteiger partial charge in [-0.3, -0.25) is 0 Å². The van der Waals surface area contributed by atoms with Gasteiger partial charge in [0.1, 0.15) is 0 Å². The van der Waals surface area contributed by atoms with E-state index in [-0.39, 0.29) is 0 Å². The van der Waals surface area contributed by atoms with E-state index in [1.165, 1.54) is 20.3 Å². The molecule has 1 aliphatic heterocycles. The molecule has 1 aromatic carbocycles. The van der Waals surface area contributed by atoms with Gasteiger partial charge >= 0.3 is 136 Å². The van der Waals surface area contributed by atoms with Crippen LogP contribution in [0.2, 0.25) is 0 Å². The number of rotatable bonds is 4. The Kier molecular flexibility index (Phi) is 5.74. The van der Waals surface area contributed by atoms with Crippen LogP contribution in [-0.4, -0.2) is 21.5 Å². The van der Waals surface area contributed by atoms with Crippen LogP contribution in [0.5, 0.6) is 0 Å². The molecule has 0 spiro atoms. The van der Waals surface area contributed by atoms with Crippen LogP contribution in [0, 0.1) is 0 Å². The molecular formula is C16H18INSe. The average Bonchev–Trinajstić information content (AvgIpc) is 2.80. The van der Waals surface area contributed by atoms with Crippen molar-refractivity contribution in [2.45, 2.75) is 20.3 Å². The first-order valence-corrected chi connectivity index (χ1v) is 9.48. The van der Waals surface area contributed by atoms with Gasteiger partial charge in [-0.05, 0) is 0 Å². The minimum absolute atomic E-state index is 0.440. The van der Waals surface area contributed by atoms with E-state index >= 15 is 0 Å². The van der Waals surface area contributed by atoms with Gasteiger partial charge in [-0.2, -0.15) is 0 Å². The molecule has 2 rings (SSSR count). The third kappa shape index (κ3) is 3.53. The minimum atomic E-state index is 0.440. The summed E-state index contributed by atoms with van der Waals surface area (Å²) >= 11 is 2.72. The molecular weight excluding hydrogens is 412 g/mol. The molecule has 100 valence electrons. The summed E-state index contributed by atoms with van der Waals surface area (Å²) in [5, 5.41) is 0. The van der Waals surface area contributed by atoms with Gasteiger partial charge in [-0.1, -0.05) is 0 Å². The van der Waals surface area contributed by atoms with Crippen molar-refractivity contribution < 1.29 is 0 Å². The Morgan fingerprint density at radius 1 is 1.32 bits per heavy atom.